The van der Waals surface area contributed by atoms with E-state index >= 15 is 0 Å². The van der Waals surface area contributed by atoms with Crippen LogP contribution in [0.2, 0.25) is 0 Å². The summed E-state index contributed by atoms with van der Waals surface area (Å²) in [5.74, 6) is 1.95. The molecule has 112 valence electrons. The Hall–Kier alpha value is -1.75. The van der Waals surface area contributed by atoms with Crippen molar-refractivity contribution in [1.29, 1.82) is 0 Å². The van der Waals surface area contributed by atoms with Gasteiger partial charge in [-0.1, -0.05) is 13.0 Å². The van der Waals surface area contributed by atoms with Gasteiger partial charge in [0, 0.05) is 18.0 Å². The zero-order valence-corrected chi connectivity index (χ0v) is 13.4. The SMILES string of the molecule is C=CCN1C(=S)NC2c3cc(OC)ccc3OC1(C)C2C. The van der Waals surface area contributed by atoms with E-state index in [4.69, 9.17) is 21.7 Å². The van der Waals surface area contributed by atoms with Crippen molar-refractivity contribution < 1.29 is 9.47 Å². The molecule has 0 spiro atoms. The van der Waals surface area contributed by atoms with E-state index < -0.39 is 5.72 Å². The minimum absolute atomic E-state index is 0.127. The predicted octanol–water partition coefficient (Wildman–Crippen LogP) is 2.86. The fraction of sp³-hybridized carbons (Fsp3) is 0.438. The highest BCUT2D eigenvalue weighted by atomic mass is 32.1. The molecule has 0 amide bonds. The molecule has 1 aromatic carbocycles. The van der Waals surface area contributed by atoms with Gasteiger partial charge >= 0.3 is 0 Å². The van der Waals surface area contributed by atoms with E-state index in [0.29, 0.717) is 11.7 Å². The third kappa shape index (κ3) is 1.99. The first kappa shape index (κ1) is 14.2. The van der Waals surface area contributed by atoms with E-state index in [1.807, 2.05) is 24.3 Å². The van der Waals surface area contributed by atoms with E-state index in [1.165, 1.54) is 0 Å². The summed E-state index contributed by atoms with van der Waals surface area (Å²) in [5, 5.41) is 4.14. The second-order valence-corrected chi connectivity index (χ2v) is 6.06. The molecule has 0 aromatic heterocycles. The van der Waals surface area contributed by atoms with Crippen molar-refractivity contribution in [3.8, 4) is 11.5 Å². The van der Waals surface area contributed by atoms with E-state index in [0.717, 1.165) is 17.1 Å². The summed E-state index contributed by atoms with van der Waals surface area (Å²) in [4.78, 5) is 2.06. The van der Waals surface area contributed by atoms with Crippen molar-refractivity contribution >= 4 is 17.3 Å². The van der Waals surface area contributed by atoms with Gasteiger partial charge in [0.25, 0.3) is 0 Å². The minimum Gasteiger partial charge on any atom is -0.497 e. The van der Waals surface area contributed by atoms with Gasteiger partial charge in [0.05, 0.1) is 13.2 Å². The Morgan fingerprint density at radius 3 is 3.00 bits per heavy atom. The van der Waals surface area contributed by atoms with E-state index in [-0.39, 0.29) is 12.0 Å². The Balaban J connectivity index is 2.09. The number of nitrogens with one attached hydrogen (secondary N) is 1. The number of hydrogen-bond acceptors (Lipinski definition) is 3. The molecule has 3 atom stereocenters. The summed E-state index contributed by atoms with van der Waals surface area (Å²) in [7, 11) is 1.67. The van der Waals surface area contributed by atoms with Crippen LogP contribution in [-0.2, 0) is 0 Å². The van der Waals surface area contributed by atoms with Crippen LogP contribution in [0.3, 0.4) is 0 Å². The second kappa shape index (κ2) is 4.91. The van der Waals surface area contributed by atoms with Crippen molar-refractivity contribution in [2.75, 3.05) is 13.7 Å². The zero-order chi connectivity index (χ0) is 15.2. The lowest BCUT2D eigenvalue weighted by molar-refractivity contribution is -0.106. The Labute approximate surface area is 130 Å². The predicted molar refractivity (Wildman–Crippen MR) is 86.6 cm³/mol. The van der Waals surface area contributed by atoms with E-state index in [1.54, 1.807) is 7.11 Å². The summed E-state index contributed by atoms with van der Waals surface area (Å²) in [5.41, 5.74) is 0.628. The molecule has 0 radical (unpaired) electrons. The van der Waals surface area contributed by atoms with Gasteiger partial charge < -0.3 is 19.7 Å². The molecule has 0 aliphatic carbocycles. The lowest BCUT2D eigenvalue weighted by Crippen LogP contribution is -2.68. The third-order valence-corrected chi connectivity index (χ3v) is 4.92. The van der Waals surface area contributed by atoms with Gasteiger partial charge in [-0.3, -0.25) is 0 Å². The quantitative estimate of drug-likeness (QED) is 0.686. The fourth-order valence-electron chi connectivity index (χ4n) is 3.19. The average molecular weight is 304 g/mol. The van der Waals surface area contributed by atoms with Gasteiger partial charge in [-0.25, -0.2) is 0 Å². The summed E-state index contributed by atoms with van der Waals surface area (Å²) in [6, 6.07) is 6.04. The summed E-state index contributed by atoms with van der Waals surface area (Å²) >= 11 is 5.52. The zero-order valence-electron chi connectivity index (χ0n) is 12.6. The van der Waals surface area contributed by atoms with Crippen LogP contribution in [0.15, 0.2) is 30.9 Å². The van der Waals surface area contributed by atoms with E-state index in [9.17, 15) is 0 Å². The molecule has 5 heteroatoms. The minimum atomic E-state index is -0.469. The first-order valence-corrected chi connectivity index (χ1v) is 7.48. The number of nitrogens with zero attached hydrogens (tertiary/aromatic N) is 1. The molecule has 3 unspecified atom stereocenters. The lowest BCUT2D eigenvalue weighted by Gasteiger charge is -2.56. The number of thiocarbonyl (C=S) groups is 1. The molecule has 4 nitrogen and oxygen atoms in total. The Kier molecular flexibility index (Phi) is 3.32. The maximum Gasteiger partial charge on any atom is 0.187 e. The second-order valence-electron chi connectivity index (χ2n) is 5.68. The van der Waals surface area contributed by atoms with Crippen molar-refractivity contribution in [3.63, 3.8) is 0 Å². The largest absolute Gasteiger partial charge is 0.497 e. The molecule has 1 aromatic rings. The Morgan fingerprint density at radius 1 is 1.57 bits per heavy atom. The average Bonchev–Trinajstić information content (AvgIpc) is 2.47. The van der Waals surface area contributed by atoms with Crippen LogP contribution in [0.4, 0.5) is 0 Å². The smallest absolute Gasteiger partial charge is 0.187 e. The summed E-state index contributed by atoms with van der Waals surface area (Å²) in [6.07, 6.45) is 1.85. The number of ether oxygens (including phenoxy) is 2. The van der Waals surface area contributed by atoms with Crippen molar-refractivity contribution in [2.24, 2.45) is 5.92 Å². The first-order chi connectivity index (χ1) is 10.0. The summed E-state index contributed by atoms with van der Waals surface area (Å²) in [6.45, 7) is 8.74. The normalized spacial score (nSPS) is 30.0. The molecule has 1 N–H and O–H groups in total. The maximum atomic E-state index is 6.33. The van der Waals surface area contributed by atoms with Crippen LogP contribution in [0.5, 0.6) is 11.5 Å². The monoisotopic (exact) mass is 304 g/mol. The molecule has 3 rings (SSSR count). The Morgan fingerprint density at radius 2 is 2.33 bits per heavy atom. The number of methoxy groups -OCH3 is 1. The first-order valence-electron chi connectivity index (χ1n) is 7.07. The molecule has 1 fully saturated rings. The van der Waals surface area contributed by atoms with Crippen LogP contribution >= 0.6 is 12.2 Å². The van der Waals surface area contributed by atoms with Crippen molar-refractivity contribution in [3.05, 3.63) is 36.4 Å². The van der Waals surface area contributed by atoms with Gasteiger partial charge in [-0.05, 0) is 37.3 Å². The van der Waals surface area contributed by atoms with Gasteiger partial charge in [-0.15, -0.1) is 6.58 Å². The summed E-state index contributed by atoms with van der Waals surface area (Å²) < 4.78 is 11.7. The van der Waals surface area contributed by atoms with Gasteiger partial charge in [-0.2, -0.15) is 0 Å². The molecular formula is C16H20N2O2S. The molecule has 0 saturated carbocycles. The van der Waals surface area contributed by atoms with Gasteiger partial charge in [0.1, 0.15) is 11.5 Å². The molecule has 2 aliphatic heterocycles. The number of rotatable bonds is 3. The topological polar surface area (TPSA) is 33.7 Å². The molecular weight excluding hydrogens is 284 g/mol. The lowest BCUT2D eigenvalue weighted by atomic mass is 9.81. The third-order valence-electron chi connectivity index (χ3n) is 4.59. The van der Waals surface area contributed by atoms with Crippen LogP contribution in [0, 0.1) is 5.92 Å². The molecule has 1 saturated heterocycles. The fourth-order valence-corrected chi connectivity index (χ4v) is 3.58. The number of hydrogen-bond donors (Lipinski definition) is 1. The van der Waals surface area contributed by atoms with Crippen molar-refractivity contribution in [2.45, 2.75) is 25.6 Å². The van der Waals surface area contributed by atoms with E-state index in [2.05, 4.69) is 30.6 Å². The molecule has 21 heavy (non-hydrogen) atoms. The Bertz CT molecular complexity index is 604. The van der Waals surface area contributed by atoms with Gasteiger partial charge in [0.2, 0.25) is 0 Å². The maximum absolute atomic E-state index is 6.33. The van der Waals surface area contributed by atoms with Crippen LogP contribution in [0.25, 0.3) is 0 Å². The number of benzene rings is 1. The highest BCUT2D eigenvalue weighted by molar-refractivity contribution is 7.80. The highest BCUT2D eigenvalue weighted by Gasteiger charge is 2.52. The van der Waals surface area contributed by atoms with Crippen LogP contribution in [0.1, 0.15) is 25.5 Å². The van der Waals surface area contributed by atoms with Crippen molar-refractivity contribution in [1.82, 2.24) is 10.2 Å². The highest BCUT2D eigenvalue weighted by Crippen LogP contribution is 2.48. The number of fused-ring (bicyclic) bond motifs is 4. The molecule has 2 aliphatic rings. The molecule has 2 heterocycles. The van der Waals surface area contributed by atoms with Gasteiger partial charge in [0.15, 0.2) is 10.8 Å². The standard InChI is InChI=1S/C16H20N2O2S/c1-5-8-18-15(21)17-14-10(2)16(18,3)20-13-7-6-11(19-4)9-12(13)14/h5-7,9-10,14H,1,8H2,2-4H3,(H,17,21). The van der Waals surface area contributed by atoms with Crippen LogP contribution < -0.4 is 14.8 Å². The van der Waals surface area contributed by atoms with Crippen LogP contribution in [-0.4, -0.2) is 29.4 Å². The molecule has 2 bridgehead atoms.